The summed E-state index contributed by atoms with van der Waals surface area (Å²) in [6, 6.07) is 7.39. The molecule has 6 heteroatoms. The third-order valence-electron chi connectivity index (χ3n) is 2.63. The van der Waals surface area contributed by atoms with Gasteiger partial charge in [0.1, 0.15) is 5.76 Å². The number of rotatable bonds is 4. The topological polar surface area (TPSA) is 91.0 Å². The van der Waals surface area contributed by atoms with E-state index in [4.69, 9.17) is 14.7 Å². The van der Waals surface area contributed by atoms with Crippen LogP contribution in [-0.4, -0.2) is 15.1 Å². The number of hydrogen-bond donors (Lipinski definition) is 1. The molecule has 3 rings (SSSR count). The van der Waals surface area contributed by atoms with E-state index in [-0.39, 0.29) is 0 Å². The van der Waals surface area contributed by atoms with Crippen molar-refractivity contribution >= 4 is 0 Å². The third-order valence-corrected chi connectivity index (χ3v) is 2.63. The monoisotopic (exact) mass is 256 g/mol. The Morgan fingerprint density at radius 1 is 1.21 bits per heavy atom. The fourth-order valence-corrected chi connectivity index (χ4v) is 1.71. The maximum Gasteiger partial charge on any atom is 0.293 e. The minimum atomic E-state index is 0.344. The van der Waals surface area contributed by atoms with Crippen molar-refractivity contribution in [2.75, 3.05) is 0 Å². The fourth-order valence-electron chi connectivity index (χ4n) is 1.71. The van der Waals surface area contributed by atoms with Crippen LogP contribution >= 0.6 is 0 Å². The van der Waals surface area contributed by atoms with Crippen molar-refractivity contribution in [1.29, 1.82) is 0 Å². The van der Waals surface area contributed by atoms with Crippen molar-refractivity contribution in [3.05, 3.63) is 53.8 Å². The minimum Gasteiger partial charge on any atom is -0.455 e. The molecule has 0 saturated heterocycles. The lowest BCUT2D eigenvalue weighted by Crippen LogP contribution is -1.92. The van der Waals surface area contributed by atoms with Gasteiger partial charge in [-0.05, 0) is 23.8 Å². The molecule has 0 aliphatic heterocycles. The lowest BCUT2D eigenvalue weighted by atomic mass is 10.2. The average Bonchev–Trinajstić information content (AvgIpc) is 3.08. The van der Waals surface area contributed by atoms with Crippen LogP contribution in [0.5, 0.6) is 0 Å². The lowest BCUT2D eigenvalue weighted by molar-refractivity contribution is 0.406. The molecule has 0 aliphatic carbocycles. The number of furan rings is 1. The molecule has 0 atom stereocenters. The van der Waals surface area contributed by atoms with Gasteiger partial charge in [0.05, 0.1) is 6.54 Å². The molecule has 0 radical (unpaired) electrons. The second-order valence-electron chi connectivity index (χ2n) is 4.02. The standard InChI is InChI=1S/C13H12N4O2/c14-7-10-3-4-11(18-10)13-16-12(17-19-13)6-9-2-1-5-15-8-9/h1-5,8H,6-7,14H2. The Balaban J connectivity index is 1.79. The van der Waals surface area contributed by atoms with Crippen LogP contribution in [0.3, 0.4) is 0 Å². The summed E-state index contributed by atoms with van der Waals surface area (Å²) >= 11 is 0. The van der Waals surface area contributed by atoms with E-state index in [9.17, 15) is 0 Å². The van der Waals surface area contributed by atoms with Gasteiger partial charge in [0.2, 0.25) is 0 Å². The zero-order chi connectivity index (χ0) is 13.1. The second kappa shape index (κ2) is 5.03. The van der Waals surface area contributed by atoms with Crippen molar-refractivity contribution < 1.29 is 8.94 Å². The number of hydrogen-bond acceptors (Lipinski definition) is 6. The number of nitrogens with zero attached hydrogens (tertiary/aromatic N) is 3. The molecule has 0 amide bonds. The Morgan fingerprint density at radius 3 is 2.89 bits per heavy atom. The van der Waals surface area contributed by atoms with Gasteiger partial charge in [-0.15, -0.1) is 0 Å². The molecule has 19 heavy (non-hydrogen) atoms. The first-order chi connectivity index (χ1) is 9.35. The maximum atomic E-state index is 5.48. The number of pyridine rings is 1. The molecule has 0 spiro atoms. The van der Waals surface area contributed by atoms with Gasteiger partial charge in [-0.25, -0.2) is 0 Å². The highest BCUT2D eigenvalue weighted by Crippen LogP contribution is 2.20. The molecule has 3 aromatic rings. The van der Waals surface area contributed by atoms with Crippen molar-refractivity contribution in [1.82, 2.24) is 15.1 Å². The lowest BCUT2D eigenvalue weighted by Gasteiger charge is -1.93. The Labute approximate surface area is 109 Å². The smallest absolute Gasteiger partial charge is 0.293 e. The molecular weight excluding hydrogens is 244 g/mol. The van der Waals surface area contributed by atoms with E-state index in [1.807, 2.05) is 12.1 Å². The summed E-state index contributed by atoms with van der Waals surface area (Å²) in [7, 11) is 0. The normalized spacial score (nSPS) is 10.8. The van der Waals surface area contributed by atoms with Crippen LogP contribution in [0.15, 0.2) is 45.6 Å². The molecule has 2 N–H and O–H groups in total. The van der Waals surface area contributed by atoms with Crippen molar-refractivity contribution in [3.8, 4) is 11.7 Å². The third kappa shape index (κ3) is 2.53. The summed E-state index contributed by atoms with van der Waals surface area (Å²) in [6.07, 6.45) is 4.07. The van der Waals surface area contributed by atoms with Gasteiger partial charge < -0.3 is 14.7 Å². The van der Waals surface area contributed by atoms with Gasteiger partial charge in [0, 0.05) is 18.8 Å². The fraction of sp³-hybridized carbons (Fsp3) is 0.154. The summed E-state index contributed by atoms with van der Waals surface area (Å²) in [5.41, 5.74) is 6.51. The van der Waals surface area contributed by atoms with E-state index in [1.54, 1.807) is 24.5 Å². The quantitative estimate of drug-likeness (QED) is 0.765. The second-order valence-corrected chi connectivity index (χ2v) is 4.02. The highest BCUT2D eigenvalue weighted by molar-refractivity contribution is 5.44. The van der Waals surface area contributed by atoms with Crippen LogP contribution in [-0.2, 0) is 13.0 Å². The first-order valence-corrected chi connectivity index (χ1v) is 5.86. The molecule has 0 unspecified atom stereocenters. The predicted molar refractivity (Wildman–Crippen MR) is 66.9 cm³/mol. The van der Waals surface area contributed by atoms with Gasteiger partial charge in [0.15, 0.2) is 11.6 Å². The molecule has 0 aliphatic rings. The molecule has 96 valence electrons. The average molecular weight is 256 g/mol. The molecular formula is C13H12N4O2. The van der Waals surface area contributed by atoms with E-state index in [0.717, 1.165) is 5.56 Å². The predicted octanol–water partition coefficient (Wildman–Crippen LogP) is 1.77. The van der Waals surface area contributed by atoms with Crippen molar-refractivity contribution in [2.24, 2.45) is 5.73 Å². The van der Waals surface area contributed by atoms with E-state index < -0.39 is 0 Å². The summed E-state index contributed by atoms with van der Waals surface area (Å²) in [5, 5.41) is 3.92. The van der Waals surface area contributed by atoms with Crippen molar-refractivity contribution in [3.63, 3.8) is 0 Å². The van der Waals surface area contributed by atoms with E-state index >= 15 is 0 Å². The molecule has 6 nitrogen and oxygen atoms in total. The Bertz CT molecular complexity index is 660. The van der Waals surface area contributed by atoms with Crippen LogP contribution in [0.4, 0.5) is 0 Å². The Morgan fingerprint density at radius 2 is 2.16 bits per heavy atom. The van der Waals surface area contributed by atoms with E-state index in [2.05, 4.69) is 15.1 Å². The maximum absolute atomic E-state index is 5.48. The molecule has 0 saturated carbocycles. The number of aromatic nitrogens is 3. The van der Waals surface area contributed by atoms with Crippen LogP contribution in [0.2, 0.25) is 0 Å². The van der Waals surface area contributed by atoms with Gasteiger partial charge in [-0.3, -0.25) is 4.98 Å². The van der Waals surface area contributed by atoms with Crippen LogP contribution in [0.1, 0.15) is 17.1 Å². The van der Waals surface area contributed by atoms with E-state index in [0.29, 0.717) is 36.2 Å². The summed E-state index contributed by atoms with van der Waals surface area (Å²) in [5.74, 6) is 2.17. The highest BCUT2D eigenvalue weighted by atomic mass is 16.5. The molecule has 0 bridgehead atoms. The molecule has 0 fully saturated rings. The van der Waals surface area contributed by atoms with Gasteiger partial charge in [0.25, 0.3) is 5.89 Å². The van der Waals surface area contributed by atoms with Crippen LogP contribution < -0.4 is 5.73 Å². The first-order valence-electron chi connectivity index (χ1n) is 5.86. The zero-order valence-corrected chi connectivity index (χ0v) is 10.1. The van der Waals surface area contributed by atoms with E-state index in [1.165, 1.54) is 0 Å². The van der Waals surface area contributed by atoms with Crippen LogP contribution in [0, 0.1) is 0 Å². The molecule has 3 heterocycles. The summed E-state index contributed by atoms with van der Waals surface area (Å²) in [4.78, 5) is 8.32. The molecule has 3 aromatic heterocycles. The Hall–Kier alpha value is -2.47. The number of nitrogens with two attached hydrogens (primary N) is 1. The zero-order valence-electron chi connectivity index (χ0n) is 10.1. The van der Waals surface area contributed by atoms with Crippen molar-refractivity contribution in [2.45, 2.75) is 13.0 Å². The highest BCUT2D eigenvalue weighted by Gasteiger charge is 2.12. The van der Waals surface area contributed by atoms with Crippen LogP contribution in [0.25, 0.3) is 11.7 Å². The molecule has 0 aromatic carbocycles. The SMILES string of the molecule is NCc1ccc(-c2nc(Cc3cccnc3)no2)o1. The largest absolute Gasteiger partial charge is 0.455 e. The summed E-state index contributed by atoms with van der Waals surface area (Å²) in [6.45, 7) is 0.344. The minimum absolute atomic E-state index is 0.344. The van der Waals surface area contributed by atoms with Gasteiger partial charge in [-0.2, -0.15) is 4.98 Å². The van der Waals surface area contributed by atoms with Gasteiger partial charge in [-0.1, -0.05) is 11.2 Å². The van der Waals surface area contributed by atoms with Gasteiger partial charge >= 0.3 is 0 Å². The first kappa shape index (κ1) is 11.6. The summed E-state index contributed by atoms with van der Waals surface area (Å²) < 4.78 is 10.6. The Kier molecular flexibility index (Phi) is 3.07.